The van der Waals surface area contributed by atoms with Crippen molar-refractivity contribution in [2.75, 3.05) is 0 Å². The van der Waals surface area contributed by atoms with Crippen molar-refractivity contribution in [3.63, 3.8) is 0 Å². The smallest absolute Gasteiger partial charge is 0.123 e. The maximum Gasteiger partial charge on any atom is 0.123 e. The average molecular weight is 265 g/mol. The molecule has 0 bridgehead atoms. The lowest BCUT2D eigenvalue weighted by molar-refractivity contribution is 0.618. The summed E-state index contributed by atoms with van der Waals surface area (Å²) in [6.07, 6.45) is 4.57. The maximum atomic E-state index is 13.0. The van der Waals surface area contributed by atoms with E-state index in [0.717, 1.165) is 11.1 Å². The first-order valence-corrected chi connectivity index (χ1v) is 6.11. The van der Waals surface area contributed by atoms with E-state index in [2.05, 4.69) is 4.98 Å². The third-order valence-corrected chi connectivity index (χ3v) is 3.07. The fourth-order valence-electron chi connectivity index (χ4n) is 1.89. The van der Waals surface area contributed by atoms with Crippen LogP contribution in [0.5, 0.6) is 0 Å². The van der Waals surface area contributed by atoms with Gasteiger partial charge in [-0.2, -0.15) is 0 Å². The van der Waals surface area contributed by atoms with Crippen LogP contribution < -0.4 is 5.73 Å². The van der Waals surface area contributed by atoms with Crippen LogP contribution in [0, 0.1) is 5.82 Å². The number of rotatable bonds is 4. The lowest BCUT2D eigenvalue weighted by atomic mass is 10.0. The van der Waals surface area contributed by atoms with E-state index in [-0.39, 0.29) is 11.9 Å². The number of nitrogens with zero attached hydrogens (tertiary/aromatic N) is 1. The summed E-state index contributed by atoms with van der Waals surface area (Å²) in [5, 5.41) is 0.618. The van der Waals surface area contributed by atoms with Gasteiger partial charge in [0, 0.05) is 18.4 Å². The average Bonchev–Trinajstić information content (AvgIpc) is 2.32. The van der Waals surface area contributed by atoms with E-state index in [0.29, 0.717) is 17.9 Å². The molecular formula is C14H14ClFN2. The second-order valence-electron chi connectivity index (χ2n) is 4.27. The zero-order valence-corrected chi connectivity index (χ0v) is 10.6. The Hall–Kier alpha value is -1.45. The summed E-state index contributed by atoms with van der Waals surface area (Å²) in [6, 6.07) is 8.26. The molecule has 2 nitrogen and oxygen atoms in total. The molecule has 1 aromatic heterocycles. The minimum Gasteiger partial charge on any atom is -0.327 e. The normalized spacial score (nSPS) is 12.4. The predicted molar refractivity (Wildman–Crippen MR) is 71.0 cm³/mol. The molecule has 2 aromatic rings. The molecule has 94 valence electrons. The number of hydrogen-bond donors (Lipinski definition) is 1. The Kier molecular flexibility index (Phi) is 4.28. The number of hydrogen-bond acceptors (Lipinski definition) is 2. The third-order valence-electron chi connectivity index (χ3n) is 2.73. The van der Waals surface area contributed by atoms with Crippen LogP contribution in [0.3, 0.4) is 0 Å². The summed E-state index contributed by atoms with van der Waals surface area (Å²) in [5.74, 6) is -0.235. The minimum atomic E-state index is -0.235. The van der Waals surface area contributed by atoms with E-state index >= 15 is 0 Å². The predicted octanol–water partition coefficient (Wildman–Crippen LogP) is 2.99. The highest BCUT2D eigenvalue weighted by Crippen LogP contribution is 2.16. The van der Waals surface area contributed by atoms with Gasteiger partial charge in [-0.05, 0) is 42.2 Å². The van der Waals surface area contributed by atoms with Gasteiger partial charge < -0.3 is 5.73 Å². The van der Waals surface area contributed by atoms with Crippen LogP contribution >= 0.6 is 11.6 Å². The Labute approximate surface area is 111 Å². The molecule has 1 atom stereocenters. The van der Waals surface area contributed by atoms with E-state index < -0.39 is 0 Å². The Morgan fingerprint density at radius 2 is 2.11 bits per heavy atom. The third kappa shape index (κ3) is 3.52. The standard InChI is InChI=1S/C14H14ClFN2/c15-14-9-18-5-4-11(14)8-13(17)7-10-2-1-3-12(16)6-10/h1-6,9,13H,7-8,17H2. The lowest BCUT2D eigenvalue weighted by Gasteiger charge is -2.12. The number of nitrogens with two attached hydrogens (primary N) is 1. The fourth-order valence-corrected chi connectivity index (χ4v) is 2.09. The second-order valence-corrected chi connectivity index (χ2v) is 4.67. The zero-order valence-electron chi connectivity index (χ0n) is 9.81. The first-order chi connectivity index (χ1) is 8.65. The van der Waals surface area contributed by atoms with Crippen molar-refractivity contribution in [3.05, 3.63) is 64.7 Å². The van der Waals surface area contributed by atoms with Crippen molar-refractivity contribution in [2.45, 2.75) is 18.9 Å². The van der Waals surface area contributed by atoms with Gasteiger partial charge in [0.15, 0.2) is 0 Å². The minimum absolute atomic E-state index is 0.0910. The van der Waals surface area contributed by atoms with E-state index in [1.807, 2.05) is 12.1 Å². The van der Waals surface area contributed by atoms with E-state index in [1.54, 1.807) is 18.5 Å². The topological polar surface area (TPSA) is 38.9 Å². The van der Waals surface area contributed by atoms with Crippen LogP contribution in [-0.2, 0) is 12.8 Å². The van der Waals surface area contributed by atoms with Crippen LogP contribution in [0.15, 0.2) is 42.7 Å². The van der Waals surface area contributed by atoms with Crippen molar-refractivity contribution >= 4 is 11.6 Å². The molecule has 18 heavy (non-hydrogen) atoms. The molecule has 2 rings (SSSR count). The number of halogens is 2. The number of pyridine rings is 1. The van der Waals surface area contributed by atoms with E-state index in [9.17, 15) is 4.39 Å². The van der Waals surface area contributed by atoms with Gasteiger partial charge in [-0.3, -0.25) is 4.98 Å². The number of benzene rings is 1. The van der Waals surface area contributed by atoms with Gasteiger partial charge in [0.05, 0.1) is 5.02 Å². The summed E-state index contributed by atoms with van der Waals surface area (Å²) in [6.45, 7) is 0. The molecule has 0 saturated heterocycles. The molecular weight excluding hydrogens is 251 g/mol. The molecule has 0 aliphatic carbocycles. The Balaban J connectivity index is 2.01. The van der Waals surface area contributed by atoms with Crippen LogP contribution in [0.2, 0.25) is 5.02 Å². The van der Waals surface area contributed by atoms with Gasteiger partial charge in [-0.25, -0.2) is 4.39 Å². The van der Waals surface area contributed by atoms with Crippen molar-refractivity contribution in [1.29, 1.82) is 0 Å². The highest BCUT2D eigenvalue weighted by Gasteiger charge is 2.08. The van der Waals surface area contributed by atoms with Crippen LogP contribution in [0.4, 0.5) is 4.39 Å². The molecule has 0 saturated carbocycles. The first kappa shape index (κ1) is 13.0. The summed E-state index contributed by atoms with van der Waals surface area (Å²) in [5.41, 5.74) is 7.92. The monoisotopic (exact) mass is 264 g/mol. The SMILES string of the molecule is NC(Cc1cccc(F)c1)Cc1ccncc1Cl. The molecule has 1 unspecified atom stereocenters. The second kappa shape index (κ2) is 5.94. The first-order valence-electron chi connectivity index (χ1n) is 5.73. The van der Waals surface area contributed by atoms with Gasteiger partial charge in [0.1, 0.15) is 5.82 Å². The summed E-state index contributed by atoms with van der Waals surface area (Å²) >= 11 is 6.02. The number of aromatic nitrogens is 1. The molecule has 0 aliphatic rings. The molecule has 0 aliphatic heterocycles. The maximum absolute atomic E-state index is 13.0. The molecule has 1 aromatic carbocycles. The molecule has 4 heteroatoms. The fraction of sp³-hybridized carbons (Fsp3) is 0.214. The Bertz CT molecular complexity index is 531. The molecule has 0 radical (unpaired) electrons. The quantitative estimate of drug-likeness (QED) is 0.922. The van der Waals surface area contributed by atoms with Crippen LogP contribution in [-0.4, -0.2) is 11.0 Å². The molecule has 1 heterocycles. The van der Waals surface area contributed by atoms with Crippen LogP contribution in [0.1, 0.15) is 11.1 Å². The molecule has 2 N–H and O–H groups in total. The van der Waals surface area contributed by atoms with E-state index in [4.69, 9.17) is 17.3 Å². The van der Waals surface area contributed by atoms with Crippen molar-refractivity contribution in [2.24, 2.45) is 5.73 Å². The van der Waals surface area contributed by atoms with Crippen molar-refractivity contribution < 1.29 is 4.39 Å². The highest BCUT2D eigenvalue weighted by atomic mass is 35.5. The highest BCUT2D eigenvalue weighted by molar-refractivity contribution is 6.31. The van der Waals surface area contributed by atoms with Gasteiger partial charge in [-0.15, -0.1) is 0 Å². The Morgan fingerprint density at radius 3 is 2.83 bits per heavy atom. The molecule has 0 fully saturated rings. The van der Waals surface area contributed by atoms with Gasteiger partial charge >= 0.3 is 0 Å². The van der Waals surface area contributed by atoms with Crippen molar-refractivity contribution in [3.8, 4) is 0 Å². The molecule has 0 spiro atoms. The molecule has 0 amide bonds. The Morgan fingerprint density at radius 1 is 1.28 bits per heavy atom. The van der Waals surface area contributed by atoms with Crippen molar-refractivity contribution in [1.82, 2.24) is 4.98 Å². The summed E-state index contributed by atoms with van der Waals surface area (Å²) in [7, 11) is 0. The zero-order chi connectivity index (χ0) is 13.0. The summed E-state index contributed by atoms with van der Waals surface area (Å²) in [4.78, 5) is 3.93. The van der Waals surface area contributed by atoms with Gasteiger partial charge in [0.2, 0.25) is 0 Å². The largest absolute Gasteiger partial charge is 0.327 e. The van der Waals surface area contributed by atoms with E-state index in [1.165, 1.54) is 12.1 Å². The van der Waals surface area contributed by atoms with Gasteiger partial charge in [-0.1, -0.05) is 23.7 Å². The summed E-state index contributed by atoms with van der Waals surface area (Å²) < 4.78 is 13.0. The lowest BCUT2D eigenvalue weighted by Crippen LogP contribution is -2.25. The van der Waals surface area contributed by atoms with Crippen LogP contribution in [0.25, 0.3) is 0 Å². The van der Waals surface area contributed by atoms with Gasteiger partial charge in [0.25, 0.3) is 0 Å².